The van der Waals surface area contributed by atoms with Crippen molar-refractivity contribution in [2.45, 2.75) is 245 Å². The molecule has 0 aromatic rings. The number of unbranched alkanes of at least 4 members (excludes halogenated alkanes) is 13. The zero-order valence-electron chi connectivity index (χ0n) is 50.3. The van der Waals surface area contributed by atoms with Gasteiger partial charge in [0, 0.05) is 19.3 Å². The minimum absolute atomic E-state index is 0.121. The second-order valence-corrected chi connectivity index (χ2v) is 19.8. The van der Waals surface area contributed by atoms with Gasteiger partial charge in [0.2, 0.25) is 0 Å². The van der Waals surface area contributed by atoms with Crippen LogP contribution in [0.5, 0.6) is 0 Å². The normalized spacial score (nSPS) is 13.4. The quantitative estimate of drug-likeness (QED) is 0.0261. The van der Waals surface area contributed by atoms with Crippen LogP contribution >= 0.6 is 0 Å². The molecule has 79 heavy (non-hydrogen) atoms. The first-order valence-corrected chi connectivity index (χ1v) is 31.3. The number of carbonyl (C=O) groups excluding carboxylic acids is 3. The van der Waals surface area contributed by atoms with Gasteiger partial charge in [-0.2, -0.15) is 0 Å². The third-order valence-electron chi connectivity index (χ3n) is 12.4. The molecule has 0 spiro atoms. The van der Waals surface area contributed by atoms with Crippen molar-refractivity contribution >= 4 is 17.9 Å². The molecule has 6 heteroatoms. The van der Waals surface area contributed by atoms with E-state index < -0.39 is 6.10 Å². The van der Waals surface area contributed by atoms with Gasteiger partial charge >= 0.3 is 17.9 Å². The molecule has 1 atom stereocenters. The molecule has 0 aliphatic heterocycles. The Kier molecular flexibility index (Phi) is 60.5. The fraction of sp³-hybridized carbons (Fsp3) is 0.548. The zero-order valence-corrected chi connectivity index (χ0v) is 50.3. The molecule has 0 radical (unpaired) electrons. The van der Waals surface area contributed by atoms with E-state index in [0.29, 0.717) is 12.8 Å². The first kappa shape index (κ1) is 73.5. The van der Waals surface area contributed by atoms with Gasteiger partial charge in [-0.05, 0) is 161 Å². The Morgan fingerprint density at radius 3 is 0.810 bits per heavy atom. The third-order valence-corrected chi connectivity index (χ3v) is 12.4. The maximum absolute atomic E-state index is 12.9. The standard InChI is InChI=1S/C73H112O6/c1-4-7-10-13-16-19-22-25-27-28-29-30-31-32-33-34-35-36-37-38-39-40-41-42-43-44-46-48-51-54-57-60-63-66-72(75)78-69-70(68-77-71(74)65-62-59-56-53-50-47-24-21-18-15-12-9-6-3)79-73(76)67-64-61-58-55-52-49-45-26-23-20-17-14-11-8-5-2/h7,9-10,12,16-21,25-27,29-30,32-33,35-36,38-39,41-42,44-47,50-51,54,70H,4-6,8,11,13-15,22-24,28,31,34,37,40,43,48-49,52-53,55-69H2,1-3H3/b10-7-,12-9-,19-16-,20-17-,21-18-,27-25-,30-29-,33-32-,36-35-,39-38-,42-41-,45-26-,46-44-,50-47-,54-51-. The Morgan fingerprint density at radius 1 is 0.266 bits per heavy atom. The molecule has 0 saturated carbocycles. The van der Waals surface area contributed by atoms with Crippen molar-refractivity contribution in [2.75, 3.05) is 13.2 Å². The monoisotopic (exact) mass is 1080 g/mol. The highest BCUT2D eigenvalue weighted by Crippen LogP contribution is 2.12. The Bertz CT molecular complexity index is 1870. The lowest BCUT2D eigenvalue weighted by atomic mass is 10.1. The second kappa shape index (κ2) is 65.0. The minimum Gasteiger partial charge on any atom is -0.462 e. The number of hydrogen-bond acceptors (Lipinski definition) is 6. The van der Waals surface area contributed by atoms with E-state index in [1.807, 2.05) is 0 Å². The number of rotatable bonds is 54. The van der Waals surface area contributed by atoms with Gasteiger partial charge in [0.05, 0.1) is 0 Å². The smallest absolute Gasteiger partial charge is 0.306 e. The van der Waals surface area contributed by atoms with E-state index in [1.54, 1.807) is 0 Å². The van der Waals surface area contributed by atoms with Crippen LogP contribution in [-0.4, -0.2) is 37.2 Å². The Hall–Kier alpha value is -5.49. The van der Waals surface area contributed by atoms with Crippen LogP contribution in [0.2, 0.25) is 0 Å². The van der Waals surface area contributed by atoms with E-state index in [2.05, 4.69) is 203 Å². The summed E-state index contributed by atoms with van der Waals surface area (Å²) >= 11 is 0. The molecule has 0 fully saturated rings. The first-order valence-electron chi connectivity index (χ1n) is 31.3. The summed E-state index contributed by atoms with van der Waals surface area (Å²) in [5.74, 6) is -1.02. The van der Waals surface area contributed by atoms with Gasteiger partial charge in [0.15, 0.2) is 6.10 Å². The van der Waals surface area contributed by atoms with Crippen molar-refractivity contribution in [1.29, 1.82) is 0 Å². The van der Waals surface area contributed by atoms with Crippen molar-refractivity contribution in [3.63, 3.8) is 0 Å². The summed E-state index contributed by atoms with van der Waals surface area (Å²) in [4.78, 5) is 38.2. The third kappa shape index (κ3) is 63.2. The predicted octanol–water partition coefficient (Wildman–Crippen LogP) is 21.7. The highest BCUT2D eigenvalue weighted by atomic mass is 16.6. The van der Waals surface area contributed by atoms with Crippen LogP contribution in [0.25, 0.3) is 0 Å². The van der Waals surface area contributed by atoms with Gasteiger partial charge in [-0.25, -0.2) is 0 Å². The molecular weight excluding hydrogens is 973 g/mol. The van der Waals surface area contributed by atoms with E-state index >= 15 is 0 Å². The molecule has 440 valence electrons. The molecule has 0 bridgehead atoms. The number of allylic oxidation sites excluding steroid dienone is 30. The number of esters is 3. The van der Waals surface area contributed by atoms with Crippen molar-refractivity contribution < 1.29 is 28.6 Å². The van der Waals surface area contributed by atoms with E-state index in [4.69, 9.17) is 14.2 Å². The van der Waals surface area contributed by atoms with Crippen molar-refractivity contribution in [2.24, 2.45) is 0 Å². The van der Waals surface area contributed by atoms with Gasteiger partial charge in [-0.1, -0.05) is 242 Å². The number of hydrogen-bond donors (Lipinski definition) is 0. The molecule has 0 saturated heterocycles. The molecule has 0 heterocycles. The summed E-state index contributed by atoms with van der Waals surface area (Å²) in [6.45, 7) is 6.29. The molecule has 0 aliphatic carbocycles. The van der Waals surface area contributed by atoms with Gasteiger partial charge in [-0.3, -0.25) is 14.4 Å². The largest absolute Gasteiger partial charge is 0.462 e. The van der Waals surface area contributed by atoms with E-state index in [9.17, 15) is 14.4 Å². The summed E-state index contributed by atoms with van der Waals surface area (Å²) in [6.07, 6.45) is 97.6. The lowest BCUT2D eigenvalue weighted by Crippen LogP contribution is -2.30. The average molecular weight is 1090 g/mol. The van der Waals surface area contributed by atoms with Crippen molar-refractivity contribution in [3.05, 3.63) is 182 Å². The molecule has 6 nitrogen and oxygen atoms in total. The highest BCUT2D eigenvalue weighted by Gasteiger charge is 2.19. The molecule has 0 aromatic carbocycles. The van der Waals surface area contributed by atoms with Crippen LogP contribution in [-0.2, 0) is 28.6 Å². The van der Waals surface area contributed by atoms with Gasteiger partial charge in [-0.15, -0.1) is 0 Å². The van der Waals surface area contributed by atoms with Crippen molar-refractivity contribution in [3.8, 4) is 0 Å². The number of carbonyl (C=O) groups is 3. The van der Waals surface area contributed by atoms with Crippen LogP contribution in [0, 0.1) is 0 Å². The highest BCUT2D eigenvalue weighted by molar-refractivity contribution is 5.71. The summed E-state index contributed by atoms with van der Waals surface area (Å²) < 4.78 is 16.8. The molecular formula is C73H112O6. The SMILES string of the molecule is CC/C=C\C/C=C\C/C=C\C/C=C\C/C=C\C/C=C\C/C=C\C/C=C\C/C=C\C/C=C\CCCCC(=O)OCC(COC(=O)CCCCC/C=C\C/C=C\C/C=C\CC)OC(=O)CCCCCCC/C=C\C/C=C\CCCCC. The maximum Gasteiger partial charge on any atom is 0.306 e. The van der Waals surface area contributed by atoms with Crippen LogP contribution in [0.15, 0.2) is 182 Å². The van der Waals surface area contributed by atoms with Gasteiger partial charge < -0.3 is 14.2 Å². The van der Waals surface area contributed by atoms with E-state index in [0.717, 1.165) is 167 Å². The minimum atomic E-state index is -0.826. The van der Waals surface area contributed by atoms with Crippen LogP contribution < -0.4 is 0 Å². The van der Waals surface area contributed by atoms with Crippen LogP contribution in [0.4, 0.5) is 0 Å². The van der Waals surface area contributed by atoms with Gasteiger partial charge in [0.1, 0.15) is 13.2 Å². The summed E-state index contributed by atoms with van der Waals surface area (Å²) in [5, 5.41) is 0. The van der Waals surface area contributed by atoms with Gasteiger partial charge in [0.25, 0.3) is 0 Å². The average Bonchev–Trinajstić information content (AvgIpc) is 3.45. The fourth-order valence-corrected chi connectivity index (χ4v) is 7.75. The lowest BCUT2D eigenvalue weighted by molar-refractivity contribution is -0.167. The zero-order chi connectivity index (χ0) is 57.1. The van der Waals surface area contributed by atoms with Crippen LogP contribution in [0.3, 0.4) is 0 Å². The van der Waals surface area contributed by atoms with Crippen molar-refractivity contribution in [1.82, 2.24) is 0 Å². The number of ether oxygens (including phenoxy) is 3. The first-order chi connectivity index (χ1) is 39.0. The molecule has 0 N–H and O–H groups in total. The maximum atomic E-state index is 12.9. The molecule has 0 aliphatic rings. The molecule has 1 unspecified atom stereocenters. The van der Waals surface area contributed by atoms with E-state index in [-0.39, 0.29) is 44.0 Å². The molecule has 0 aromatic heterocycles. The predicted molar refractivity (Wildman–Crippen MR) is 343 cm³/mol. The summed E-state index contributed by atoms with van der Waals surface area (Å²) in [7, 11) is 0. The Labute approximate surface area is 484 Å². The molecule has 0 rings (SSSR count). The fourth-order valence-electron chi connectivity index (χ4n) is 7.75. The lowest BCUT2D eigenvalue weighted by Gasteiger charge is -2.18. The summed E-state index contributed by atoms with van der Waals surface area (Å²) in [6, 6.07) is 0. The topological polar surface area (TPSA) is 78.9 Å². The molecule has 0 amide bonds. The van der Waals surface area contributed by atoms with E-state index in [1.165, 1.54) is 25.7 Å². The summed E-state index contributed by atoms with van der Waals surface area (Å²) in [5.41, 5.74) is 0. The van der Waals surface area contributed by atoms with Crippen LogP contribution in [0.1, 0.15) is 239 Å². The Morgan fingerprint density at radius 2 is 0.494 bits per heavy atom. The Balaban J connectivity index is 4.43. The second-order valence-electron chi connectivity index (χ2n) is 19.8.